The van der Waals surface area contributed by atoms with Crippen molar-refractivity contribution in [3.63, 3.8) is 0 Å². The van der Waals surface area contributed by atoms with Crippen molar-refractivity contribution in [3.05, 3.63) is 54.9 Å². The van der Waals surface area contributed by atoms with Crippen LogP contribution in [0.4, 0.5) is 5.69 Å². The summed E-state index contributed by atoms with van der Waals surface area (Å²) < 4.78 is 6.75. The minimum atomic E-state index is -0.546. The van der Waals surface area contributed by atoms with Crippen LogP contribution in [0.2, 0.25) is 0 Å². The summed E-state index contributed by atoms with van der Waals surface area (Å²) in [7, 11) is 1.41. The van der Waals surface area contributed by atoms with E-state index in [-0.39, 0.29) is 17.1 Å². The number of anilines is 1. The van der Waals surface area contributed by atoms with Crippen molar-refractivity contribution < 1.29 is 14.6 Å². The Morgan fingerprint density at radius 3 is 2.60 bits per heavy atom. The first-order valence-corrected chi connectivity index (χ1v) is 9.19. The number of carbonyl (C=O) groups excluding carboxylic acids is 1. The summed E-state index contributed by atoms with van der Waals surface area (Å²) in [5, 5.41) is 21.9. The van der Waals surface area contributed by atoms with Gasteiger partial charge < -0.3 is 15.2 Å². The predicted molar refractivity (Wildman–Crippen MR) is 106 cm³/mol. The zero-order valence-electron chi connectivity index (χ0n) is 12.8. The quantitative estimate of drug-likeness (QED) is 0.419. The van der Waals surface area contributed by atoms with E-state index < -0.39 is 5.91 Å². The predicted octanol–water partition coefficient (Wildman–Crippen LogP) is 5.23. The Bertz CT molecular complexity index is 905. The summed E-state index contributed by atoms with van der Waals surface area (Å²) in [5.74, 6) is -0.412. The molecule has 0 aromatic heterocycles. The standard InChI is InChI=1S/C17H11Br3N2O3/c1-25-13-6-9(14(19)15(20)16(13)23)5-10(8-21)17(24)22-12-4-2-3-11(18)7-12/h2-7,23H,1H3,(H,22,24)/b10-5-. The first-order valence-electron chi connectivity index (χ1n) is 6.81. The molecule has 0 aliphatic carbocycles. The molecule has 0 unspecified atom stereocenters. The highest BCUT2D eigenvalue weighted by Gasteiger charge is 2.16. The lowest BCUT2D eigenvalue weighted by Crippen LogP contribution is -2.13. The number of methoxy groups -OCH3 is 1. The fourth-order valence-electron chi connectivity index (χ4n) is 1.94. The van der Waals surface area contributed by atoms with Crippen LogP contribution < -0.4 is 10.1 Å². The highest BCUT2D eigenvalue weighted by atomic mass is 79.9. The summed E-state index contributed by atoms with van der Waals surface area (Å²) in [6.45, 7) is 0. The number of hydrogen-bond acceptors (Lipinski definition) is 4. The zero-order valence-corrected chi connectivity index (χ0v) is 17.6. The molecule has 0 radical (unpaired) electrons. The number of nitrogens with one attached hydrogen (secondary N) is 1. The van der Waals surface area contributed by atoms with Gasteiger partial charge in [-0.1, -0.05) is 22.0 Å². The highest BCUT2D eigenvalue weighted by molar-refractivity contribution is 9.13. The van der Waals surface area contributed by atoms with Gasteiger partial charge in [0.25, 0.3) is 5.91 Å². The minimum Gasteiger partial charge on any atom is -0.503 e. The van der Waals surface area contributed by atoms with Gasteiger partial charge in [0, 0.05) is 14.6 Å². The van der Waals surface area contributed by atoms with Gasteiger partial charge in [0.2, 0.25) is 0 Å². The maximum atomic E-state index is 12.4. The van der Waals surface area contributed by atoms with Gasteiger partial charge in [-0.2, -0.15) is 5.26 Å². The second kappa shape index (κ2) is 8.52. The average Bonchev–Trinajstić information content (AvgIpc) is 2.59. The lowest BCUT2D eigenvalue weighted by Gasteiger charge is -2.10. The van der Waals surface area contributed by atoms with E-state index in [0.717, 1.165) is 4.47 Å². The number of carbonyl (C=O) groups is 1. The normalized spacial score (nSPS) is 10.9. The monoisotopic (exact) mass is 528 g/mol. The topological polar surface area (TPSA) is 82.3 Å². The summed E-state index contributed by atoms with van der Waals surface area (Å²) in [4.78, 5) is 12.4. The van der Waals surface area contributed by atoms with Gasteiger partial charge in [-0.15, -0.1) is 0 Å². The molecule has 0 aliphatic heterocycles. The third kappa shape index (κ3) is 4.63. The molecule has 2 aromatic carbocycles. The van der Waals surface area contributed by atoms with Gasteiger partial charge in [-0.05, 0) is 67.8 Å². The van der Waals surface area contributed by atoms with Crippen LogP contribution in [0, 0.1) is 11.3 Å². The minimum absolute atomic E-state index is 0.0800. The summed E-state index contributed by atoms with van der Waals surface area (Å²) >= 11 is 9.88. The van der Waals surface area contributed by atoms with Crippen molar-refractivity contribution in [2.24, 2.45) is 0 Å². The molecule has 1 amide bonds. The third-order valence-electron chi connectivity index (χ3n) is 3.14. The van der Waals surface area contributed by atoms with E-state index in [2.05, 4.69) is 53.1 Å². The lowest BCUT2D eigenvalue weighted by atomic mass is 10.1. The molecule has 0 aliphatic rings. The number of amides is 1. The van der Waals surface area contributed by atoms with E-state index in [4.69, 9.17) is 4.74 Å². The summed E-state index contributed by atoms with van der Waals surface area (Å²) in [5.41, 5.74) is 0.965. The van der Waals surface area contributed by atoms with Crippen LogP contribution in [0.3, 0.4) is 0 Å². The molecule has 8 heteroatoms. The third-order valence-corrected chi connectivity index (χ3v) is 5.79. The van der Waals surface area contributed by atoms with E-state index >= 15 is 0 Å². The Labute approximate surface area is 169 Å². The lowest BCUT2D eigenvalue weighted by molar-refractivity contribution is -0.112. The van der Waals surface area contributed by atoms with Crippen molar-refractivity contribution >= 4 is 65.5 Å². The van der Waals surface area contributed by atoms with Crippen LogP contribution in [0.25, 0.3) is 6.08 Å². The van der Waals surface area contributed by atoms with Crippen LogP contribution in [0.15, 0.2) is 49.3 Å². The van der Waals surface area contributed by atoms with Crippen molar-refractivity contribution in [2.75, 3.05) is 12.4 Å². The molecule has 2 N–H and O–H groups in total. The summed E-state index contributed by atoms with van der Waals surface area (Å²) in [6, 6.07) is 10.4. The SMILES string of the molecule is COc1cc(/C=C(/C#N)C(=O)Nc2cccc(Br)c2)c(Br)c(Br)c1O. The number of nitriles is 1. The molecule has 25 heavy (non-hydrogen) atoms. The van der Waals surface area contributed by atoms with Crippen molar-refractivity contribution in [3.8, 4) is 17.6 Å². The summed E-state index contributed by atoms with van der Waals surface area (Å²) in [6.07, 6.45) is 1.41. The molecular formula is C17H11Br3N2O3. The van der Waals surface area contributed by atoms with E-state index in [1.54, 1.807) is 18.2 Å². The Kier molecular flexibility index (Phi) is 6.64. The molecule has 0 atom stereocenters. The largest absolute Gasteiger partial charge is 0.503 e. The van der Waals surface area contributed by atoms with Gasteiger partial charge in [0.05, 0.1) is 11.6 Å². The molecule has 0 saturated heterocycles. The molecular weight excluding hydrogens is 520 g/mol. The molecule has 128 valence electrons. The second-order valence-corrected chi connectivity index (χ2v) is 7.28. The number of hydrogen-bond donors (Lipinski definition) is 2. The van der Waals surface area contributed by atoms with E-state index in [1.165, 1.54) is 19.3 Å². The molecule has 0 fully saturated rings. The van der Waals surface area contributed by atoms with Crippen molar-refractivity contribution in [1.82, 2.24) is 0 Å². The van der Waals surface area contributed by atoms with E-state index in [0.29, 0.717) is 20.2 Å². The molecule has 2 rings (SSSR count). The van der Waals surface area contributed by atoms with Gasteiger partial charge in [0.1, 0.15) is 11.6 Å². The molecule has 0 heterocycles. The molecule has 2 aromatic rings. The second-order valence-electron chi connectivity index (χ2n) is 4.78. The van der Waals surface area contributed by atoms with Gasteiger partial charge in [0.15, 0.2) is 11.5 Å². The number of phenolic OH excluding ortho intramolecular Hbond substituents is 1. The van der Waals surface area contributed by atoms with Crippen molar-refractivity contribution in [2.45, 2.75) is 0 Å². The van der Waals surface area contributed by atoms with Crippen molar-refractivity contribution in [1.29, 1.82) is 5.26 Å². The fraction of sp³-hybridized carbons (Fsp3) is 0.0588. The molecule has 0 spiro atoms. The number of ether oxygens (including phenoxy) is 1. The average molecular weight is 531 g/mol. The smallest absolute Gasteiger partial charge is 0.266 e. The number of aromatic hydroxyl groups is 1. The molecule has 0 bridgehead atoms. The van der Waals surface area contributed by atoms with Gasteiger partial charge in [-0.3, -0.25) is 4.79 Å². The number of benzene rings is 2. The Morgan fingerprint density at radius 1 is 1.28 bits per heavy atom. The highest BCUT2D eigenvalue weighted by Crippen LogP contribution is 2.42. The zero-order chi connectivity index (χ0) is 18.6. The Balaban J connectivity index is 2.39. The van der Waals surface area contributed by atoms with Gasteiger partial charge in [-0.25, -0.2) is 0 Å². The van der Waals surface area contributed by atoms with Crippen LogP contribution in [-0.2, 0) is 4.79 Å². The van der Waals surface area contributed by atoms with Crippen LogP contribution >= 0.6 is 47.8 Å². The van der Waals surface area contributed by atoms with Crippen LogP contribution in [-0.4, -0.2) is 18.1 Å². The molecule has 5 nitrogen and oxygen atoms in total. The maximum absolute atomic E-state index is 12.4. The first kappa shape index (κ1) is 19.5. The number of halogens is 3. The fourth-order valence-corrected chi connectivity index (χ4v) is 3.18. The first-order chi connectivity index (χ1) is 11.9. The number of rotatable bonds is 4. The Morgan fingerprint density at radius 2 is 2.00 bits per heavy atom. The van der Waals surface area contributed by atoms with Gasteiger partial charge >= 0.3 is 0 Å². The van der Waals surface area contributed by atoms with Crippen LogP contribution in [0.1, 0.15) is 5.56 Å². The van der Waals surface area contributed by atoms with E-state index in [9.17, 15) is 15.2 Å². The van der Waals surface area contributed by atoms with E-state index in [1.807, 2.05) is 12.1 Å². The maximum Gasteiger partial charge on any atom is 0.266 e. The number of nitrogens with zero attached hydrogens (tertiary/aromatic N) is 1. The Hall–Kier alpha value is -1.82. The molecule has 0 saturated carbocycles. The van der Waals surface area contributed by atoms with Crippen LogP contribution in [0.5, 0.6) is 11.5 Å². The number of phenols is 1.